The van der Waals surface area contributed by atoms with Crippen molar-refractivity contribution in [2.24, 2.45) is 17.8 Å². The Morgan fingerprint density at radius 3 is 2.33 bits per heavy atom. The summed E-state index contributed by atoms with van der Waals surface area (Å²) in [5.41, 5.74) is 0. The molecule has 1 heterocycles. The molecule has 3 nitrogen and oxygen atoms in total. The van der Waals surface area contributed by atoms with Gasteiger partial charge in [-0.15, -0.1) is 0 Å². The molecule has 0 bridgehead atoms. The van der Waals surface area contributed by atoms with E-state index in [9.17, 15) is 4.79 Å². The lowest BCUT2D eigenvalue weighted by Crippen LogP contribution is -2.43. The van der Waals surface area contributed by atoms with Crippen molar-refractivity contribution in [1.29, 1.82) is 0 Å². The van der Waals surface area contributed by atoms with E-state index in [4.69, 9.17) is 0 Å². The summed E-state index contributed by atoms with van der Waals surface area (Å²) in [4.78, 5) is 14.9. The van der Waals surface area contributed by atoms with E-state index in [1.807, 2.05) is 7.05 Å². The molecule has 1 amide bonds. The van der Waals surface area contributed by atoms with Crippen LogP contribution in [0.3, 0.4) is 0 Å². The summed E-state index contributed by atoms with van der Waals surface area (Å²) in [6.07, 6.45) is 11.4. The number of hydrogen-bond donors (Lipinski definition) is 1. The van der Waals surface area contributed by atoms with E-state index in [2.05, 4.69) is 17.1 Å². The highest BCUT2D eigenvalue weighted by molar-refractivity contribution is 5.78. The lowest BCUT2D eigenvalue weighted by Gasteiger charge is -2.35. The maximum absolute atomic E-state index is 12.8. The van der Waals surface area contributed by atoms with E-state index in [1.54, 1.807) is 0 Å². The molecule has 2 fully saturated rings. The van der Waals surface area contributed by atoms with E-state index < -0.39 is 0 Å². The highest BCUT2D eigenvalue weighted by Crippen LogP contribution is 2.31. The maximum atomic E-state index is 12.8. The Labute approximate surface area is 130 Å². The highest BCUT2D eigenvalue weighted by atomic mass is 16.2. The number of nitrogens with one attached hydrogen (secondary N) is 1. The quantitative estimate of drug-likeness (QED) is 0.814. The molecular weight excluding hydrogens is 260 g/mol. The molecule has 2 aliphatic rings. The summed E-state index contributed by atoms with van der Waals surface area (Å²) < 4.78 is 0. The fourth-order valence-electron chi connectivity index (χ4n) is 4.17. The molecule has 1 saturated carbocycles. The van der Waals surface area contributed by atoms with E-state index in [0.29, 0.717) is 5.91 Å². The summed E-state index contributed by atoms with van der Waals surface area (Å²) in [7, 11) is 2.02. The summed E-state index contributed by atoms with van der Waals surface area (Å²) in [6, 6.07) is 0. The van der Waals surface area contributed by atoms with Crippen LogP contribution in [0.15, 0.2) is 0 Å². The van der Waals surface area contributed by atoms with Gasteiger partial charge in [-0.1, -0.05) is 39.0 Å². The summed E-state index contributed by atoms with van der Waals surface area (Å²) in [6.45, 7) is 5.25. The molecule has 1 N–H and O–H groups in total. The van der Waals surface area contributed by atoms with Crippen LogP contribution >= 0.6 is 0 Å². The van der Waals surface area contributed by atoms with Crippen molar-refractivity contribution in [3.63, 3.8) is 0 Å². The first-order chi connectivity index (χ1) is 10.2. The number of nitrogens with zero attached hydrogens (tertiary/aromatic N) is 1. The topological polar surface area (TPSA) is 32.3 Å². The normalized spacial score (nSPS) is 23.2. The number of likely N-dealkylation sites (tertiary alicyclic amines) is 1. The van der Waals surface area contributed by atoms with Crippen LogP contribution in [0.1, 0.15) is 64.7 Å². The summed E-state index contributed by atoms with van der Waals surface area (Å²) in [5.74, 6) is 2.31. The van der Waals surface area contributed by atoms with E-state index in [0.717, 1.165) is 44.3 Å². The first kappa shape index (κ1) is 16.8. The van der Waals surface area contributed by atoms with E-state index >= 15 is 0 Å². The molecule has 0 spiro atoms. The molecule has 0 aromatic carbocycles. The molecule has 1 unspecified atom stereocenters. The molecule has 0 radical (unpaired) electrons. The number of piperidine rings is 1. The molecule has 3 heteroatoms. The van der Waals surface area contributed by atoms with Gasteiger partial charge in [-0.3, -0.25) is 4.79 Å². The Balaban J connectivity index is 1.79. The zero-order valence-electron chi connectivity index (χ0n) is 14.1. The van der Waals surface area contributed by atoms with Crippen LogP contribution in [0, 0.1) is 17.8 Å². The first-order valence-corrected chi connectivity index (χ1v) is 9.18. The molecule has 0 aromatic rings. The zero-order valence-corrected chi connectivity index (χ0v) is 14.1. The maximum Gasteiger partial charge on any atom is 0.225 e. The van der Waals surface area contributed by atoms with Gasteiger partial charge in [0.05, 0.1) is 0 Å². The predicted molar refractivity (Wildman–Crippen MR) is 88.2 cm³/mol. The molecule has 1 aliphatic carbocycles. The molecule has 2 rings (SSSR count). The van der Waals surface area contributed by atoms with Gasteiger partial charge < -0.3 is 10.2 Å². The van der Waals surface area contributed by atoms with Gasteiger partial charge in [0.15, 0.2) is 0 Å². The molecular formula is C18H34N2O. The lowest BCUT2D eigenvalue weighted by atomic mass is 9.81. The fourth-order valence-corrected chi connectivity index (χ4v) is 4.17. The lowest BCUT2D eigenvalue weighted by molar-refractivity contribution is -0.137. The van der Waals surface area contributed by atoms with Crippen LogP contribution in [0.4, 0.5) is 0 Å². The molecule has 1 saturated heterocycles. The van der Waals surface area contributed by atoms with Gasteiger partial charge in [0, 0.05) is 19.0 Å². The van der Waals surface area contributed by atoms with Crippen LogP contribution in [0.25, 0.3) is 0 Å². The van der Waals surface area contributed by atoms with Gasteiger partial charge in [0.2, 0.25) is 5.91 Å². The van der Waals surface area contributed by atoms with Crippen molar-refractivity contribution in [3.05, 3.63) is 0 Å². The highest BCUT2D eigenvalue weighted by Gasteiger charge is 2.29. The Morgan fingerprint density at radius 2 is 1.76 bits per heavy atom. The number of hydrogen-bond acceptors (Lipinski definition) is 2. The third-order valence-corrected chi connectivity index (χ3v) is 5.60. The Bertz CT molecular complexity index is 304. The van der Waals surface area contributed by atoms with Crippen molar-refractivity contribution < 1.29 is 4.79 Å². The zero-order chi connectivity index (χ0) is 15.1. The largest absolute Gasteiger partial charge is 0.342 e. The Morgan fingerprint density at radius 1 is 1.10 bits per heavy atom. The minimum Gasteiger partial charge on any atom is -0.342 e. The number of amides is 1. The smallest absolute Gasteiger partial charge is 0.225 e. The van der Waals surface area contributed by atoms with Crippen LogP contribution in [0.5, 0.6) is 0 Å². The molecule has 21 heavy (non-hydrogen) atoms. The van der Waals surface area contributed by atoms with Gasteiger partial charge in [-0.25, -0.2) is 0 Å². The molecule has 0 aromatic heterocycles. The van der Waals surface area contributed by atoms with Crippen molar-refractivity contribution in [2.45, 2.75) is 64.7 Å². The van der Waals surface area contributed by atoms with Gasteiger partial charge in [0.1, 0.15) is 0 Å². The number of rotatable bonds is 6. The third kappa shape index (κ3) is 4.98. The van der Waals surface area contributed by atoms with Crippen LogP contribution < -0.4 is 5.32 Å². The van der Waals surface area contributed by atoms with Gasteiger partial charge in [0.25, 0.3) is 0 Å². The summed E-state index contributed by atoms with van der Waals surface area (Å²) in [5, 5.41) is 3.27. The Hall–Kier alpha value is -0.570. The van der Waals surface area contributed by atoms with Gasteiger partial charge in [-0.05, 0) is 51.1 Å². The number of carbonyl (C=O) groups is 1. The Kier molecular flexibility index (Phi) is 7.01. The molecule has 1 atom stereocenters. The van der Waals surface area contributed by atoms with Crippen LogP contribution in [-0.2, 0) is 4.79 Å². The minimum absolute atomic E-state index is 0.286. The standard InChI is InChI=1S/C18H34N2O/c1-3-17(13-15-7-5-4-6-8-15)18(21)20-11-9-16(10-12-20)14-19-2/h15-17,19H,3-14H2,1-2H3. The molecule has 122 valence electrons. The predicted octanol–water partition coefficient (Wildman–Crippen LogP) is 3.44. The van der Waals surface area contributed by atoms with E-state index in [1.165, 1.54) is 44.9 Å². The number of carbonyl (C=O) groups excluding carboxylic acids is 1. The monoisotopic (exact) mass is 294 g/mol. The van der Waals surface area contributed by atoms with Crippen molar-refractivity contribution in [3.8, 4) is 0 Å². The molecule has 1 aliphatic heterocycles. The van der Waals surface area contributed by atoms with Crippen molar-refractivity contribution >= 4 is 5.91 Å². The van der Waals surface area contributed by atoms with Crippen LogP contribution in [-0.4, -0.2) is 37.5 Å². The van der Waals surface area contributed by atoms with E-state index in [-0.39, 0.29) is 5.92 Å². The first-order valence-electron chi connectivity index (χ1n) is 9.18. The van der Waals surface area contributed by atoms with Crippen LogP contribution in [0.2, 0.25) is 0 Å². The van der Waals surface area contributed by atoms with Gasteiger partial charge in [-0.2, -0.15) is 0 Å². The second kappa shape index (κ2) is 8.77. The second-order valence-electron chi connectivity index (χ2n) is 7.17. The van der Waals surface area contributed by atoms with Crippen molar-refractivity contribution in [2.75, 3.05) is 26.7 Å². The van der Waals surface area contributed by atoms with Gasteiger partial charge >= 0.3 is 0 Å². The second-order valence-corrected chi connectivity index (χ2v) is 7.17. The average molecular weight is 294 g/mol. The SMILES string of the molecule is CCC(CC1CCCCC1)C(=O)N1CCC(CNC)CC1. The summed E-state index contributed by atoms with van der Waals surface area (Å²) >= 11 is 0. The average Bonchev–Trinajstić information content (AvgIpc) is 2.54. The minimum atomic E-state index is 0.286. The van der Waals surface area contributed by atoms with Crippen molar-refractivity contribution in [1.82, 2.24) is 10.2 Å². The fraction of sp³-hybridized carbons (Fsp3) is 0.944. The third-order valence-electron chi connectivity index (χ3n) is 5.60.